The van der Waals surface area contributed by atoms with E-state index in [-0.39, 0.29) is 11.1 Å². The van der Waals surface area contributed by atoms with Gasteiger partial charge in [0, 0.05) is 23.0 Å². The number of methoxy groups -OCH3 is 1. The molecular formula is C24H19FN4O4. The third-order valence-electron chi connectivity index (χ3n) is 5.01. The van der Waals surface area contributed by atoms with Crippen LogP contribution in [0.25, 0.3) is 16.6 Å². The van der Waals surface area contributed by atoms with Crippen LogP contribution in [0.15, 0.2) is 76.8 Å². The highest BCUT2D eigenvalue weighted by molar-refractivity contribution is 5.94. The van der Waals surface area contributed by atoms with Crippen LogP contribution in [0.3, 0.4) is 0 Å². The van der Waals surface area contributed by atoms with E-state index >= 15 is 0 Å². The number of anilines is 2. The molecule has 4 aromatic rings. The van der Waals surface area contributed by atoms with Crippen LogP contribution in [0, 0.1) is 5.82 Å². The fourth-order valence-electron chi connectivity index (χ4n) is 3.30. The minimum absolute atomic E-state index is 0.0129. The molecule has 0 fully saturated rings. The normalized spacial score (nSPS) is 11.1. The van der Waals surface area contributed by atoms with Gasteiger partial charge in [0.05, 0.1) is 24.5 Å². The molecule has 0 amide bonds. The number of nitrogens with zero attached hydrogens (tertiary/aromatic N) is 2. The second-order valence-electron chi connectivity index (χ2n) is 7.13. The highest BCUT2D eigenvalue weighted by atomic mass is 19.1. The second-order valence-corrected chi connectivity index (χ2v) is 7.13. The van der Waals surface area contributed by atoms with Gasteiger partial charge in [0.2, 0.25) is 5.43 Å². The molecule has 0 unspecified atom stereocenters. The number of carboxylic acids is 1. The van der Waals surface area contributed by atoms with Crippen molar-refractivity contribution in [3.63, 3.8) is 0 Å². The summed E-state index contributed by atoms with van der Waals surface area (Å²) in [5.74, 6) is -1.46. The Hall–Kier alpha value is -4.66. The average molecular weight is 446 g/mol. The molecule has 0 radical (unpaired) electrons. The van der Waals surface area contributed by atoms with Gasteiger partial charge in [0.1, 0.15) is 17.1 Å². The molecule has 1 aromatic heterocycles. The van der Waals surface area contributed by atoms with Gasteiger partial charge in [-0.15, -0.1) is 0 Å². The van der Waals surface area contributed by atoms with Crippen LogP contribution in [0.1, 0.15) is 15.9 Å². The summed E-state index contributed by atoms with van der Waals surface area (Å²) >= 11 is 0. The monoisotopic (exact) mass is 446 g/mol. The SMILES string of the molecule is COc1ccc(C=NNc2cc3c(cc2F)c(=O)c(C(=O)O)cn3-c2ccc(N)cc2)cc1. The predicted molar refractivity (Wildman–Crippen MR) is 125 cm³/mol. The lowest BCUT2D eigenvalue weighted by Gasteiger charge is -2.14. The molecule has 166 valence electrons. The lowest BCUT2D eigenvalue weighted by Crippen LogP contribution is -2.18. The number of rotatable bonds is 6. The lowest BCUT2D eigenvalue weighted by atomic mass is 10.1. The second kappa shape index (κ2) is 8.83. The van der Waals surface area contributed by atoms with E-state index in [4.69, 9.17) is 10.5 Å². The maximum Gasteiger partial charge on any atom is 0.341 e. The van der Waals surface area contributed by atoms with Crippen LogP contribution in [0.2, 0.25) is 0 Å². The van der Waals surface area contributed by atoms with Crippen molar-refractivity contribution in [2.75, 3.05) is 18.3 Å². The first-order chi connectivity index (χ1) is 15.9. The summed E-state index contributed by atoms with van der Waals surface area (Å²) < 4.78 is 21.4. The molecule has 0 saturated heterocycles. The largest absolute Gasteiger partial charge is 0.497 e. The number of hydrogen-bond acceptors (Lipinski definition) is 6. The number of ether oxygens (including phenoxy) is 1. The van der Waals surface area contributed by atoms with Crippen LogP contribution < -0.4 is 21.3 Å². The molecule has 3 aromatic carbocycles. The molecule has 1 heterocycles. The average Bonchev–Trinajstić information content (AvgIpc) is 2.81. The zero-order valence-electron chi connectivity index (χ0n) is 17.4. The molecule has 0 saturated carbocycles. The van der Waals surface area contributed by atoms with Crippen molar-refractivity contribution < 1.29 is 19.0 Å². The minimum atomic E-state index is -1.40. The number of hydrogen-bond donors (Lipinski definition) is 3. The smallest absolute Gasteiger partial charge is 0.341 e. The summed E-state index contributed by atoms with van der Waals surface area (Å²) in [6.45, 7) is 0. The van der Waals surface area contributed by atoms with Gasteiger partial charge in [-0.2, -0.15) is 5.10 Å². The Morgan fingerprint density at radius 3 is 2.48 bits per heavy atom. The fraction of sp³-hybridized carbons (Fsp3) is 0.0417. The van der Waals surface area contributed by atoms with E-state index in [1.807, 2.05) is 0 Å². The predicted octanol–water partition coefficient (Wildman–Crippen LogP) is 3.86. The van der Waals surface area contributed by atoms with Gasteiger partial charge in [-0.3, -0.25) is 10.2 Å². The van der Waals surface area contributed by atoms with E-state index in [1.54, 1.807) is 55.6 Å². The van der Waals surface area contributed by atoms with Gasteiger partial charge in [-0.1, -0.05) is 0 Å². The van der Waals surface area contributed by atoms with Crippen molar-refractivity contribution in [1.29, 1.82) is 0 Å². The molecular weight excluding hydrogens is 427 g/mol. The zero-order valence-corrected chi connectivity index (χ0v) is 17.4. The number of fused-ring (bicyclic) bond motifs is 1. The summed E-state index contributed by atoms with van der Waals surface area (Å²) in [6.07, 6.45) is 2.71. The molecule has 0 aliphatic carbocycles. The van der Waals surface area contributed by atoms with E-state index in [1.165, 1.54) is 23.0 Å². The number of carboxylic acid groups (broad SMARTS) is 1. The van der Waals surface area contributed by atoms with Gasteiger partial charge < -0.3 is 20.1 Å². The van der Waals surface area contributed by atoms with Crippen molar-refractivity contribution >= 4 is 34.5 Å². The number of carbonyl (C=O) groups is 1. The summed E-state index contributed by atoms with van der Waals surface area (Å²) in [5.41, 5.74) is 9.27. The van der Waals surface area contributed by atoms with Crippen molar-refractivity contribution in [3.8, 4) is 11.4 Å². The van der Waals surface area contributed by atoms with E-state index in [2.05, 4.69) is 10.5 Å². The summed E-state index contributed by atoms with van der Waals surface area (Å²) in [4.78, 5) is 24.3. The van der Waals surface area contributed by atoms with Gasteiger partial charge in [0.25, 0.3) is 0 Å². The topological polar surface area (TPSA) is 119 Å². The molecule has 8 nitrogen and oxygen atoms in total. The number of hydrazone groups is 1. The first kappa shape index (κ1) is 21.6. The number of nitrogen functional groups attached to an aromatic ring is 1. The first-order valence-corrected chi connectivity index (χ1v) is 9.78. The summed E-state index contributed by atoms with van der Waals surface area (Å²) in [7, 11) is 1.57. The molecule has 0 aliphatic rings. The molecule has 33 heavy (non-hydrogen) atoms. The molecule has 0 bridgehead atoms. The Kier molecular flexibility index (Phi) is 5.77. The first-order valence-electron chi connectivity index (χ1n) is 9.78. The fourth-order valence-corrected chi connectivity index (χ4v) is 3.30. The van der Waals surface area contributed by atoms with Crippen LogP contribution in [0.4, 0.5) is 15.8 Å². The van der Waals surface area contributed by atoms with Crippen LogP contribution in [-0.4, -0.2) is 29.0 Å². The third-order valence-corrected chi connectivity index (χ3v) is 5.01. The van der Waals surface area contributed by atoms with Crippen LogP contribution in [-0.2, 0) is 0 Å². The third kappa shape index (κ3) is 4.38. The molecule has 0 atom stereocenters. The number of nitrogens with one attached hydrogen (secondary N) is 1. The van der Waals surface area contributed by atoms with Crippen molar-refractivity contribution in [2.24, 2.45) is 5.10 Å². The maximum absolute atomic E-state index is 14.8. The van der Waals surface area contributed by atoms with Crippen molar-refractivity contribution in [2.45, 2.75) is 0 Å². The number of nitrogens with two attached hydrogens (primary N) is 1. The number of aromatic carboxylic acids is 1. The molecule has 9 heteroatoms. The number of benzene rings is 3. The highest BCUT2D eigenvalue weighted by Crippen LogP contribution is 2.25. The quantitative estimate of drug-likeness (QED) is 0.235. The van der Waals surface area contributed by atoms with E-state index in [0.29, 0.717) is 22.6 Å². The minimum Gasteiger partial charge on any atom is -0.497 e. The van der Waals surface area contributed by atoms with Gasteiger partial charge in [-0.25, -0.2) is 9.18 Å². The Labute approximate surface area is 187 Å². The number of aromatic nitrogens is 1. The highest BCUT2D eigenvalue weighted by Gasteiger charge is 2.17. The Bertz CT molecular complexity index is 1430. The van der Waals surface area contributed by atoms with Crippen molar-refractivity contribution in [3.05, 3.63) is 94.0 Å². The van der Waals surface area contributed by atoms with Gasteiger partial charge >= 0.3 is 5.97 Å². The van der Waals surface area contributed by atoms with E-state index in [0.717, 1.165) is 11.6 Å². The summed E-state index contributed by atoms with van der Waals surface area (Å²) in [5, 5.41) is 13.4. The summed E-state index contributed by atoms with van der Waals surface area (Å²) in [6, 6.07) is 16.1. The van der Waals surface area contributed by atoms with Crippen LogP contribution >= 0.6 is 0 Å². The van der Waals surface area contributed by atoms with Gasteiger partial charge in [0.15, 0.2) is 0 Å². The Morgan fingerprint density at radius 1 is 1.15 bits per heavy atom. The van der Waals surface area contributed by atoms with Gasteiger partial charge in [-0.05, 0) is 66.2 Å². The molecule has 4 N–H and O–H groups in total. The standard InChI is InChI=1S/C24H19FN4O4/c1-33-17-8-2-14(3-9-17)12-27-28-21-11-22-18(10-20(21)25)23(30)19(24(31)32)13-29(22)16-6-4-15(26)5-7-16/h2-13,28H,26H2,1H3,(H,31,32). The Morgan fingerprint density at radius 2 is 1.85 bits per heavy atom. The molecule has 0 aliphatic heterocycles. The maximum atomic E-state index is 14.8. The van der Waals surface area contributed by atoms with Crippen molar-refractivity contribution in [1.82, 2.24) is 4.57 Å². The number of halogens is 1. The Balaban J connectivity index is 1.79. The molecule has 0 spiro atoms. The zero-order chi connectivity index (χ0) is 23.5. The van der Waals surface area contributed by atoms with E-state index in [9.17, 15) is 19.1 Å². The van der Waals surface area contributed by atoms with E-state index < -0.39 is 22.8 Å². The molecule has 4 rings (SSSR count). The lowest BCUT2D eigenvalue weighted by molar-refractivity contribution is 0.0695. The van der Waals surface area contributed by atoms with Crippen LogP contribution in [0.5, 0.6) is 5.75 Å². The number of pyridine rings is 1.